The lowest BCUT2D eigenvalue weighted by Crippen LogP contribution is -2.75. The van der Waals surface area contributed by atoms with Gasteiger partial charge in [0.15, 0.2) is 23.0 Å². The monoisotopic (exact) mass is 592 g/mol. The predicted octanol–water partition coefficient (Wildman–Crippen LogP) is 0.350. The molecule has 228 valence electrons. The first-order chi connectivity index (χ1) is 20.1. The van der Waals surface area contributed by atoms with Crippen molar-refractivity contribution >= 4 is 40.5 Å². The third kappa shape index (κ3) is 4.52. The maximum atomic E-state index is 14.2. The first kappa shape index (κ1) is 30.3. The third-order valence-electron chi connectivity index (χ3n) is 9.24. The number of rotatable bonds is 5. The van der Waals surface area contributed by atoms with Crippen molar-refractivity contribution in [1.82, 2.24) is 4.90 Å². The van der Waals surface area contributed by atoms with E-state index < -0.39 is 64.7 Å². The second-order valence-electron chi connectivity index (χ2n) is 12.3. The minimum absolute atomic E-state index is 0.0311. The van der Waals surface area contributed by atoms with Gasteiger partial charge in [-0.25, -0.2) is 0 Å². The Kier molecular flexibility index (Phi) is 7.44. The fourth-order valence-corrected chi connectivity index (χ4v) is 7.46. The number of Topliss-reactive ketones (excluding diaryl/α,β-unsaturated/α-hetero) is 3. The molecule has 0 bridgehead atoms. The molecule has 0 spiro atoms. The summed E-state index contributed by atoms with van der Waals surface area (Å²) >= 11 is 0. The number of nitrogens with one attached hydrogen (secondary N) is 1. The van der Waals surface area contributed by atoms with Crippen molar-refractivity contribution in [2.24, 2.45) is 29.4 Å². The van der Waals surface area contributed by atoms with Gasteiger partial charge in [0.2, 0.25) is 11.8 Å². The molecular formula is C31H36N4O8. The van der Waals surface area contributed by atoms with Crippen molar-refractivity contribution in [2.45, 2.75) is 37.5 Å². The Labute approximate surface area is 248 Å². The van der Waals surface area contributed by atoms with Gasteiger partial charge in [-0.3, -0.25) is 24.0 Å². The molecule has 7 atom stereocenters. The van der Waals surface area contributed by atoms with Crippen molar-refractivity contribution in [3.8, 4) is 16.9 Å². The number of likely N-dealkylation sites (N-methyl/N-ethyl adjacent to an activating group) is 1. The molecule has 0 aliphatic heterocycles. The van der Waals surface area contributed by atoms with E-state index >= 15 is 0 Å². The highest BCUT2D eigenvalue weighted by Crippen LogP contribution is 2.53. The van der Waals surface area contributed by atoms with Gasteiger partial charge >= 0.3 is 0 Å². The summed E-state index contributed by atoms with van der Waals surface area (Å²) in [7, 11) is 6.77. The van der Waals surface area contributed by atoms with Gasteiger partial charge in [-0.1, -0.05) is 12.1 Å². The summed E-state index contributed by atoms with van der Waals surface area (Å²) in [5.74, 6) is -9.87. The number of aliphatic hydroxyl groups excluding tert-OH is 1. The van der Waals surface area contributed by atoms with Crippen LogP contribution >= 0.6 is 0 Å². The molecule has 0 heterocycles. The summed E-state index contributed by atoms with van der Waals surface area (Å²) in [5, 5.41) is 37.1. The lowest BCUT2D eigenvalue weighted by atomic mass is 9.52. The Bertz CT molecular complexity index is 1570. The van der Waals surface area contributed by atoms with Crippen molar-refractivity contribution < 1.29 is 39.3 Å². The normalized spacial score (nSPS) is 29.9. The fourth-order valence-electron chi connectivity index (χ4n) is 7.46. The largest absolute Gasteiger partial charge is 0.507 e. The third-order valence-corrected chi connectivity index (χ3v) is 9.24. The zero-order valence-corrected chi connectivity index (χ0v) is 24.6. The maximum Gasteiger partial charge on any atom is 0.230 e. The fraction of sp³-hybridized carbons (Fsp3) is 0.452. The lowest BCUT2D eigenvalue weighted by Gasteiger charge is -2.55. The number of fused-ring (bicyclic) bond motifs is 3. The van der Waals surface area contributed by atoms with Crippen LogP contribution in [-0.2, 0) is 25.6 Å². The number of carbonyl (C=O) groups is 5. The molecule has 0 saturated heterocycles. The zero-order chi connectivity index (χ0) is 31.7. The predicted molar refractivity (Wildman–Crippen MR) is 156 cm³/mol. The van der Waals surface area contributed by atoms with Crippen LogP contribution in [-0.4, -0.2) is 95.3 Å². The van der Waals surface area contributed by atoms with Gasteiger partial charge in [-0.05, 0) is 62.2 Å². The minimum atomic E-state index is -2.73. The van der Waals surface area contributed by atoms with Crippen molar-refractivity contribution in [2.75, 3.05) is 38.4 Å². The summed E-state index contributed by atoms with van der Waals surface area (Å²) in [6, 6.07) is 7.49. The number of carbonyl (C=O) groups excluding carboxylic acids is 5. The quantitative estimate of drug-likeness (QED) is 0.303. The van der Waals surface area contributed by atoms with Crippen LogP contribution in [0.5, 0.6) is 5.75 Å². The van der Waals surface area contributed by atoms with Gasteiger partial charge in [0.25, 0.3) is 0 Å². The number of primary amides is 1. The number of benzene rings is 2. The Morgan fingerprint density at radius 3 is 2.33 bits per heavy atom. The molecule has 0 radical (unpaired) electrons. The number of anilines is 2. The highest BCUT2D eigenvalue weighted by Gasteiger charge is 2.69. The van der Waals surface area contributed by atoms with Crippen LogP contribution in [0.15, 0.2) is 30.3 Å². The number of amides is 2. The van der Waals surface area contributed by atoms with Gasteiger partial charge < -0.3 is 36.2 Å². The molecule has 3 aliphatic rings. The Balaban J connectivity index is 1.67. The Hall–Kier alpha value is -4.13. The first-order valence-corrected chi connectivity index (χ1v) is 14.0. The van der Waals surface area contributed by atoms with Crippen molar-refractivity contribution in [1.29, 1.82) is 0 Å². The van der Waals surface area contributed by atoms with Crippen LogP contribution in [0, 0.1) is 23.7 Å². The SMILES string of the molecule is CC(=O)Nc1cccc(-c2cc(N(C)C)c3c(c2O)C(=O)C2C(=O)[C@@]4(O)C(=O)C(C(N)=O)C(O)[C@H](N(C)C)[C@H]4C[C@H]2C3)c1. The standard InChI is InChI=1S/C31H36N4O8/c1-13(36)33-16-8-6-7-14(9-16)17-12-20(34(2)3)18-10-15-11-19-24(35(4)5)27(39)23(30(32)42)29(41)31(19,43)28(40)21(15)26(38)22(18)25(17)37/h6-9,12,15,19,21,23-24,27,37,39,43H,10-11H2,1-5H3,(H2,32,42)(H,33,36)/t15-,19-,21?,23?,24-,27?,31-/m1/s1. The van der Waals surface area contributed by atoms with E-state index in [1.165, 1.54) is 6.92 Å². The molecular weight excluding hydrogens is 556 g/mol. The zero-order valence-electron chi connectivity index (χ0n) is 24.6. The van der Waals surface area contributed by atoms with Gasteiger partial charge in [0.05, 0.1) is 17.6 Å². The molecule has 12 heteroatoms. The number of ketones is 3. The average Bonchev–Trinajstić information content (AvgIpc) is 2.90. The number of hydrogen-bond acceptors (Lipinski definition) is 10. The molecule has 2 aromatic rings. The molecule has 12 nitrogen and oxygen atoms in total. The maximum absolute atomic E-state index is 14.2. The van der Waals surface area contributed by atoms with Gasteiger partial charge in [0.1, 0.15) is 11.7 Å². The highest BCUT2D eigenvalue weighted by atomic mass is 16.3. The summed E-state index contributed by atoms with van der Waals surface area (Å²) < 4.78 is 0. The number of phenols is 1. The number of hydrogen-bond donors (Lipinski definition) is 5. The van der Waals surface area contributed by atoms with E-state index in [4.69, 9.17) is 5.73 Å². The van der Waals surface area contributed by atoms with Gasteiger partial charge in [0, 0.05) is 49.9 Å². The van der Waals surface area contributed by atoms with Crippen LogP contribution in [0.4, 0.5) is 11.4 Å². The highest BCUT2D eigenvalue weighted by molar-refractivity contribution is 6.26. The molecule has 43 heavy (non-hydrogen) atoms. The molecule has 3 unspecified atom stereocenters. The van der Waals surface area contributed by atoms with E-state index in [-0.39, 0.29) is 30.1 Å². The second-order valence-corrected chi connectivity index (χ2v) is 12.3. The molecule has 0 aromatic heterocycles. The molecule has 6 N–H and O–H groups in total. The Morgan fingerprint density at radius 2 is 1.74 bits per heavy atom. The number of nitrogens with zero attached hydrogens (tertiary/aromatic N) is 2. The molecule has 2 aromatic carbocycles. The number of phenolic OH excluding ortho intramolecular Hbond substituents is 1. The molecule has 5 rings (SSSR count). The van der Waals surface area contributed by atoms with Crippen molar-refractivity contribution in [3.63, 3.8) is 0 Å². The molecule has 2 fully saturated rings. The number of nitrogens with two attached hydrogens (primary N) is 1. The van der Waals surface area contributed by atoms with Crippen LogP contribution < -0.4 is 16.0 Å². The van der Waals surface area contributed by atoms with E-state index in [1.54, 1.807) is 68.3 Å². The molecule has 3 aliphatic carbocycles. The summed E-state index contributed by atoms with van der Waals surface area (Å²) in [6.45, 7) is 1.37. The van der Waals surface area contributed by atoms with E-state index in [9.17, 15) is 39.3 Å². The number of aromatic hydroxyl groups is 1. The van der Waals surface area contributed by atoms with Crippen LogP contribution in [0.3, 0.4) is 0 Å². The topological polar surface area (TPSA) is 191 Å². The Morgan fingerprint density at radius 1 is 1.07 bits per heavy atom. The van der Waals surface area contributed by atoms with Gasteiger partial charge in [-0.15, -0.1) is 0 Å². The second kappa shape index (κ2) is 10.5. The number of aliphatic hydroxyl groups is 2. The van der Waals surface area contributed by atoms with Crippen LogP contribution in [0.1, 0.15) is 29.3 Å². The molecule has 2 amide bonds. The summed E-state index contributed by atoms with van der Waals surface area (Å²) in [6.07, 6.45) is -1.34. The smallest absolute Gasteiger partial charge is 0.230 e. The lowest BCUT2D eigenvalue weighted by molar-refractivity contribution is -0.190. The van der Waals surface area contributed by atoms with E-state index in [1.807, 2.05) is 0 Å². The van der Waals surface area contributed by atoms with E-state index in [0.717, 1.165) is 0 Å². The van der Waals surface area contributed by atoms with Crippen LogP contribution in [0.2, 0.25) is 0 Å². The van der Waals surface area contributed by atoms with E-state index in [2.05, 4.69) is 5.32 Å². The summed E-state index contributed by atoms with van der Waals surface area (Å²) in [5.41, 5.74) is 5.06. The van der Waals surface area contributed by atoms with Crippen molar-refractivity contribution in [3.05, 3.63) is 41.5 Å². The summed E-state index contributed by atoms with van der Waals surface area (Å²) in [4.78, 5) is 69.2. The van der Waals surface area contributed by atoms with Gasteiger partial charge in [-0.2, -0.15) is 0 Å². The molecule has 2 saturated carbocycles. The average molecular weight is 593 g/mol. The minimum Gasteiger partial charge on any atom is -0.507 e. The van der Waals surface area contributed by atoms with Crippen LogP contribution in [0.25, 0.3) is 11.1 Å². The van der Waals surface area contributed by atoms with E-state index in [0.29, 0.717) is 28.1 Å². The first-order valence-electron chi connectivity index (χ1n) is 14.0.